The van der Waals surface area contributed by atoms with E-state index in [1.54, 1.807) is 5.56 Å². The van der Waals surface area contributed by atoms with Crippen LogP contribution in [0.25, 0.3) is 0 Å². The number of hydrogen-bond donors (Lipinski definition) is 1. The average molecular weight is 261 g/mol. The highest BCUT2D eigenvalue weighted by molar-refractivity contribution is 8.00. The van der Waals surface area contributed by atoms with Gasteiger partial charge in [-0.1, -0.05) is 31.0 Å². The molecule has 3 rings (SSSR count). The van der Waals surface area contributed by atoms with Gasteiger partial charge < -0.3 is 5.32 Å². The van der Waals surface area contributed by atoms with Crippen molar-refractivity contribution >= 4 is 11.8 Å². The third-order valence-electron chi connectivity index (χ3n) is 4.49. The van der Waals surface area contributed by atoms with E-state index in [0.29, 0.717) is 6.04 Å². The van der Waals surface area contributed by atoms with E-state index in [1.165, 1.54) is 37.0 Å². The van der Waals surface area contributed by atoms with Crippen molar-refractivity contribution < 1.29 is 0 Å². The molecule has 98 valence electrons. The second-order valence-corrected chi connectivity index (χ2v) is 7.14. The zero-order valence-corrected chi connectivity index (χ0v) is 12.0. The van der Waals surface area contributed by atoms with Crippen molar-refractivity contribution in [1.82, 2.24) is 5.32 Å². The molecule has 1 aromatic rings. The molecule has 1 unspecified atom stereocenters. The van der Waals surface area contributed by atoms with E-state index in [9.17, 15) is 0 Å². The maximum absolute atomic E-state index is 3.78. The van der Waals surface area contributed by atoms with Gasteiger partial charge in [-0.3, -0.25) is 0 Å². The predicted octanol–water partition coefficient (Wildman–Crippen LogP) is 3.87. The average Bonchev–Trinajstić information content (AvgIpc) is 3.04. The van der Waals surface area contributed by atoms with Gasteiger partial charge in [-0.25, -0.2) is 0 Å². The number of benzene rings is 1. The molecule has 1 fully saturated rings. The van der Waals surface area contributed by atoms with E-state index >= 15 is 0 Å². The van der Waals surface area contributed by atoms with Gasteiger partial charge in [-0.2, -0.15) is 0 Å². The standard InChI is InChI=1S/C16H23NS/c1-12(13-6-2-3-7-13)17-11-15-10-14-8-4-5-9-16(14)18-15/h4-5,8-9,12-13,15,17H,2-3,6-7,10-11H2,1H3/t12-,15?/m1/s1. The Morgan fingerprint density at radius 2 is 2.06 bits per heavy atom. The maximum Gasteiger partial charge on any atom is 0.0260 e. The van der Waals surface area contributed by atoms with Crippen molar-refractivity contribution in [1.29, 1.82) is 0 Å². The lowest BCUT2D eigenvalue weighted by Crippen LogP contribution is -2.36. The smallest absolute Gasteiger partial charge is 0.0260 e. The van der Waals surface area contributed by atoms with Crippen molar-refractivity contribution in [2.75, 3.05) is 6.54 Å². The van der Waals surface area contributed by atoms with Crippen LogP contribution in [0.5, 0.6) is 0 Å². The molecule has 2 atom stereocenters. The first-order valence-corrected chi connectivity index (χ1v) is 8.19. The van der Waals surface area contributed by atoms with Crippen molar-refractivity contribution in [3.8, 4) is 0 Å². The van der Waals surface area contributed by atoms with E-state index < -0.39 is 0 Å². The zero-order chi connectivity index (χ0) is 12.4. The Hall–Kier alpha value is -0.470. The summed E-state index contributed by atoms with van der Waals surface area (Å²) in [5, 5.41) is 4.52. The molecule has 0 amide bonds. The minimum atomic E-state index is 0.705. The summed E-state index contributed by atoms with van der Waals surface area (Å²) in [7, 11) is 0. The van der Waals surface area contributed by atoms with Crippen LogP contribution in [0, 0.1) is 5.92 Å². The summed E-state index contributed by atoms with van der Waals surface area (Å²) >= 11 is 2.06. The monoisotopic (exact) mass is 261 g/mol. The molecule has 0 aromatic heterocycles. The van der Waals surface area contributed by atoms with Crippen LogP contribution in [0.15, 0.2) is 29.2 Å². The Kier molecular flexibility index (Phi) is 3.95. The Morgan fingerprint density at radius 3 is 2.83 bits per heavy atom. The van der Waals surface area contributed by atoms with Gasteiger partial charge in [-0.05, 0) is 43.7 Å². The molecule has 2 aliphatic rings. The molecular formula is C16H23NS. The SMILES string of the molecule is C[C@@H](NCC1Cc2ccccc2S1)C1CCCC1. The minimum Gasteiger partial charge on any atom is -0.313 e. The summed E-state index contributed by atoms with van der Waals surface area (Å²) < 4.78 is 0. The van der Waals surface area contributed by atoms with Crippen LogP contribution in [-0.2, 0) is 6.42 Å². The van der Waals surface area contributed by atoms with Crippen LogP contribution < -0.4 is 5.32 Å². The van der Waals surface area contributed by atoms with Gasteiger partial charge in [0.05, 0.1) is 0 Å². The summed E-state index contributed by atoms with van der Waals surface area (Å²) in [4.78, 5) is 1.50. The zero-order valence-electron chi connectivity index (χ0n) is 11.2. The Balaban J connectivity index is 1.48. The van der Waals surface area contributed by atoms with Crippen LogP contribution in [0.4, 0.5) is 0 Å². The van der Waals surface area contributed by atoms with Gasteiger partial charge in [0.15, 0.2) is 0 Å². The fourth-order valence-electron chi connectivity index (χ4n) is 3.31. The van der Waals surface area contributed by atoms with E-state index in [0.717, 1.165) is 17.7 Å². The van der Waals surface area contributed by atoms with Crippen LogP contribution in [-0.4, -0.2) is 17.8 Å². The second-order valence-electron chi connectivity index (χ2n) is 5.79. The third kappa shape index (κ3) is 2.75. The molecule has 1 aromatic carbocycles. The van der Waals surface area contributed by atoms with Crippen molar-refractivity contribution in [2.45, 2.75) is 55.2 Å². The van der Waals surface area contributed by atoms with Gasteiger partial charge in [0.2, 0.25) is 0 Å². The lowest BCUT2D eigenvalue weighted by molar-refractivity contribution is 0.382. The molecule has 1 aliphatic heterocycles. The molecule has 1 heterocycles. The largest absolute Gasteiger partial charge is 0.313 e. The van der Waals surface area contributed by atoms with Crippen molar-refractivity contribution in [2.24, 2.45) is 5.92 Å². The highest BCUT2D eigenvalue weighted by Crippen LogP contribution is 2.36. The summed E-state index contributed by atoms with van der Waals surface area (Å²) in [6, 6.07) is 9.57. The van der Waals surface area contributed by atoms with Gasteiger partial charge in [0.25, 0.3) is 0 Å². The number of hydrogen-bond acceptors (Lipinski definition) is 2. The molecule has 0 radical (unpaired) electrons. The summed E-state index contributed by atoms with van der Waals surface area (Å²) in [6.07, 6.45) is 7.00. The molecule has 1 saturated carbocycles. The maximum atomic E-state index is 3.78. The Bertz CT molecular complexity index is 373. The fraction of sp³-hybridized carbons (Fsp3) is 0.625. The van der Waals surface area contributed by atoms with E-state index in [1.807, 2.05) is 0 Å². The molecule has 1 nitrogen and oxygen atoms in total. The summed E-state index contributed by atoms with van der Waals surface area (Å²) in [5.74, 6) is 0.929. The summed E-state index contributed by atoms with van der Waals surface area (Å²) in [5.41, 5.74) is 1.54. The van der Waals surface area contributed by atoms with Gasteiger partial charge in [0.1, 0.15) is 0 Å². The van der Waals surface area contributed by atoms with E-state index in [-0.39, 0.29) is 0 Å². The van der Waals surface area contributed by atoms with Crippen LogP contribution in [0.2, 0.25) is 0 Å². The first-order chi connectivity index (χ1) is 8.83. The van der Waals surface area contributed by atoms with E-state index in [2.05, 4.69) is 48.3 Å². The first-order valence-electron chi connectivity index (χ1n) is 7.31. The van der Waals surface area contributed by atoms with Crippen LogP contribution in [0.3, 0.4) is 0 Å². The Morgan fingerprint density at radius 1 is 1.28 bits per heavy atom. The third-order valence-corrected chi connectivity index (χ3v) is 5.81. The minimum absolute atomic E-state index is 0.705. The number of rotatable bonds is 4. The molecule has 1 aliphatic carbocycles. The lowest BCUT2D eigenvalue weighted by Gasteiger charge is -2.22. The lowest BCUT2D eigenvalue weighted by atomic mass is 9.99. The quantitative estimate of drug-likeness (QED) is 0.883. The second kappa shape index (κ2) is 5.66. The molecule has 0 saturated heterocycles. The number of thioether (sulfide) groups is 1. The van der Waals surface area contributed by atoms with Crippen LogP contribution in [0.1, 0.15) is 38.2 Å². The normalized spacial score (nSPS) is 25.3. The van der Waals surface area contributed by atoms with Gasteiger partial charge >= 0.3 is 0 Å². The first kappa shape index (κ1) is 12.6. The van der Waals surface area contributed by atoms with Crippen molar-refractivity contribution in [3.05, 3.63) is 29.8 Å². The molecule has 0 bridgehead atoms. The molecular weight excluding hydrogens is 238 g/mol. The predicted molar refractivity (Wildman–Crippen MR) is 79.2 cm³/mol. The number of fused-ring (bicyclic) bond motifs is 1. The molecule has 1 N–H and O–H groups in total. The highest BCUT2D eigenvalue weighted by atomic mass is 32.2. The van der Waals surface area contributed by atoms with Crippen LogP contribution >= 0.6 is 11.8 Å². The fourth-order valence-corrected chi connectivity index (χ4v) is 4.57. The van der Waals surface area contributed by atoms with E-state index in [4.69, 9.17) is 0 Å². The van der Waals surface area contributed by atoms with Gasteiger partial charge in [0, 0.05) is 22.7 Å². The molecule has 0 spiro atoms. The molecule has 18 heavy (non-hydrogen) atoms. The Labute approximate surface area is 115 Å². The summed E-state index contributed by atoms with van der Waals surface area (Å²) in [6.45, 7) is 3.54. The topological polar surface area (TPSA) is 12.0 Å². The number of nitrogens with one attached hydrogen (secondary N) is 1. The highest BCUT2D eigenvalue weighted by Gasteiger charge is 2.25. The van der Waals surface area contributed by atoms with Crippen molar-refractivity contribution in [3.63, 3.8) is 0 Å². The molecule has 2 heteroatoms. The van der Waals surface area contributed by atoms with Gasteiger partial charge in [-0.15, -0.1) is 11.8 Å².